The zero-order chi connectivity index (χ0) is 77.6. The van der Waals surface area contributed by atoms with Crippen molar-refractivity contribution in [3.8, 4) is 62.7 Å². The summed E-state index contributed by atoms with van der Waals surface area (Å²) in [6.07, 6.45) is 14.6. The van der Waals surface area contributed by atoms with Gasteiger partial charge in [-0.15, -0.1) is 20.4 Å². The zero-order valence-corrected chi connectivity index (χ0v) is 63.6. The third kappa shape index (κ3) is 20.3. The minimum Gasteiger partial charge on any atom is -0.495 e. The summed E-state index contributed by atoms with van der Waals surface area (Å²) in [6.45, 7) is 9.35. The lowest BCUT2D eigenvalue weighted by molar-refractivity contribution is 0.0367. The summed E-state index contributed by atoms with van der Waals surface area (Å²) in [4.78, 5) is 40.9. The van der Waals surface area contributed by atoms with Crippen molar-refractivity contribution in [2.24, 2.45) is 0 Å². The van der Waals surface area contributed by atoms with Crippen LogP contribution in [0.25, 0.3) is 32.7 Å². The van der Waals surface area contributed by atoms with Crippen LogP contribution in [0.1, 0.15) is 56.1 Å². The second kappa shape index (κ2) is 37.5. The molecule has 15 rings (SSSR count). The number of nitrogens with one attached hydrogen (secondary N) is 5. The molecule has 9 heterocycles. The minimum atomic E-state index is 0.145. The van der Waals surface area contributed by atoms with Crippen molar-refractivity contribution in [3.63, 3.8) is 0 Å². The number of anilines is 13. The molecular weight excluding hydrogens is 1440 g/mol. The van der Waals surface area contributed by atoms with Crippen LogP contribution in [0, 0.1) is 13.8 Å². The van der Waals surface area contributed by atoms with Crippen LogP contribution < -0.4 is 82.7 Å². The molecule has 13 aromatic rings. The SMILES string of the molecule is COc1cc(Nc2nc(N)n(-c3ccccn3)n2)cc(OC)c1OCCCCN1CCOCC1.COc1cc(Nc2nc(N)nn2-c2ccncc2)cc(OC)c1OC.COc1ccccc1Nc1nc(N)n(-c2cc(NC3CCCCC3)ncn2)n1.Cc1cc(C)cc(Nc2nc(N)n(-c3nc4ccccc4s3)n2)c1. The van der Waals surface area contributed by atoms with Gasteiger partial charge in [-0.2, -0.15) is 38.7 Å². The van der Waals surface area contributed by atoms with Crippen molar-refractivity contribution < 1.29 is 37.9 Å². The molecule has 5 aromatic carbocycles. The first-order chi connectivity index (χ1) is 54.1. The van der Waals surface area contributed by atoms with E-state index in [9.17, 15) is 0 Å². The Hall–Kier alpha value is -13.4. The average molecular weight is 1530 g/mol. The van der Waals surface area contributed by atoms with Crippen molar-refractivity contribution in [3.05, 3.63) is 163 Å². The van der Waals surface area contributed by atoms with Crippen molar-refractivity contribution in [2.45, 2.75) is 64.8 Å². The van der Waals surface area contributed by atoms with Gasteiger partial charge in [-0.1, -0.05) is 67.0 Å². The average Bonchev–Trinajstić information content (AvgIpc) is 1.73. The molecule has 2 aliphatic rings. The second-order valence-corrected chi connectivity index (χ2v) is 26.1. The van der Waals surface area contributed by atoms with E-state index in [4.69, 9.17) is 60.8 Å². The Morgan fingerprint density at radius 1 is 0.505 bits per heavy atom. The van der Waals surface area contributed by atoms with E-state index in [2.05, 4.69) is 117 Å². The van der Waals surface area contributed by atoms with Gasteiger partial charge in [0.2, 0.25) is 64.2 Å². The third-order valence-corrected chi connectivity index (χ3v) is 18.3. The molecule has 0 bridgehead atoms. The normalized spacial score (nSPS) is 12.7. The molecule has 111 heavy (non-hydrogen) atoms. The van der Waals surface area contributed by atoms with Gasteiger partial charge in [-0.25, -0.2) is 19.9 Å². The first-order valence-corrected chi connectivity index (χ1v) is 36.4. The number of benzene rings is 5. The Bertz CT molecular complexity index is 5060. The maximum absolute atomic E-state index is 6.07. The molecule has 1 aliphatic carbocycles. The number of aromatic nitrogens is 17. The van der Waals surface area contributed by atoms with Crippen LogP contribution >= 0.6 is 11.3 Å². The van der Waals surface area contributed by atoms with Crippen LogP contribution in [-0.4, -0.2) is 177 Å². The molecule has 36 heteroatoms. The fraction of sp³-hybridized carbons (Fsp3) is 0.293. The molecule has 0 amide bonds. The molecule has 0 spiro atoms. The smallest absolute Gasteiger partial charge is 0.249 e. The molecular formula is C75H89N27O8S. The Kier molecular flexibility index (Phi) is 26.1. The number of nitrogen functional groups attached to an aromatic ring is 4. The van der Waals surface area contributed by atoms with Crippen LogP contribution in [0.5, 0.6) is 40.2 Å². The van der Waals surface area contributed by atoms with Gasteiger partial charge in [-0.05, 0) is 118 Å². The standard InChI is InChI=1S/C23H31N7O4.C19H24N8O.C17H16N6S.C16H18N6O3/c1-31-18-15-17(26-23-27-22(24)30(28-23)20-7-3-4-8-25-20)16-19(32-2)21(18)34-12-6-5-9-29-10-13-33-14-11-29;1-28-15-10-6-5-9-14(15)24-19-25-18(20)27(26-19)17-11-16(21-12-22-17)23-13-7-3-2-4-8-13;1-10-7-11(2)9-12(8-10)19-16-21-15(18)23(22-16)17-20-13-5-3-4-6-14(13)24-17;1-23-12-8-10(9-13(24-2)14(12)25-3)19-16-20-15(17)21-22(16)11-4-6-18-7-5-11/h3-4,7-8,15-16H,5-6,9-14H2,1-2H3,(H3,24,26,27,28);5-6,9-13H,2-4,7-8H2,1H3,(H,21,22,23)(H3,20,24,25,26);3-9H,1-2H3,(H3,18,19,21,22);4-9H,1-3H3,(H3,17,19,20,21). The van der Waals surface area contributed by atoms with Gasteiger partial charge in [0, 0.05) is 85.1 Å². The van der Waals surface area contributed by atoms with Crippen LogP contribution in [-0.2, 0) is 4.74 Å². The van der Waals surface area contributed by atoms with Crippen LogP contribution in [0.3, 0.4) is 0 Å². The van der Waals surface area contributed by atoms with E-state index in [0.29, 0.717) is 111 Å². The lowest BCUT2D eigenvalue weighted by Crippen LogP contribution is -2.36. The quantitative estimate of drug-likeness (QED) is 0.0227. The highest BCUT2D eigenvalue weighted by atomic mass is 32.1. The molecule has 0 radical (unpaired) electrons. The molecule has 8 aromatic heterocycles. The van der Waals surface area contributed by atoms with E-state index < -0.39 is 0 Å². The van der Waals surface area contributed by atoms with Crippen LogP contribution in [0.15, 0.2) is 152 Å². The summed E-state index contributed by atoms with van der Waals surface area (Å²) < 4.78 is 51.1. The largest absolute Gasteiger partial charge is 0.495 e. The maximum atomic E-state index is 6.07. The Labute approximate surface area is 644 Å². The molecule has 13 N–H and O–H groups in total. The third-order valence-electron chi connectivity index (χ3n) is 17.3. The summed E-state index contributed by atoms with van der Waals surface area (Å²) >= 11 is 1.53. The number of aryl methyl sites for hydroxylation is 2. The van der Waals surface area contributed by atoms with Gasteiger partial charge in [0.15, 0.2) is 34.6 Å². The number of morpholine rings is 1. The maximum Gasteiger partial charge on any atom is 0.249 e. The van der Waals surface area contributed by atoms with Gasteiger partial charge in [-0.3, -0.25) is 9.88 Å². The Balaban J connectivity index is 0.000000139. The highest BCUT2D eigenvalue weighted by Gasteiger charge is 2.22. The van der Waals surface area contributed by atoms with E-state index in [-0.39, 0.29) is 17.8 Å². The van der Waals surface area contributed by atoms with Crippen molar-refractivity contribution in [2.75, 3.05) is 132 Å². The summed E-state index contributed by atoms with van der Waals surface area (Å²) in [7, 11) is 9.46. The summed E-state index contributed by atoms with van der Waals surface area (Å²) in [5.74, 6) is 8.30. The number of hydrogen-bond donors (Lipinski definition) is 9. The number of methoxy groups -OCH3 is 6. The second-order valence-electron chi connectivity index (χ2n) is 25.1. The van der Waals surface area contributed by atoms with Crippen molar-refractivity contribution in [1.82, 2.24) is 88.9 Å². The van der Waals surface area contributed by atoms with E-state index in [1.165, 1.54) is 57.4 Å². The lowest BCUT2D eigenvalue weighted by atomic mass is 9.95. The van der Waals surface area contributed by atoms with Gasteiger partial charge >= 0.3 is 0 Å². The fourth-order valence-corrected chi connectivity index (χ4v) is 13.0. The molecule has 2 fully saturated rings. The monoisotopic (exact) mass is 1530 g/mol. The number of pyridine rings is 2. The molecule has 0 atom stereocenters. The number of hydrogen-bond acceptors (Lipinski definition) is 32. The van der Waals surface area contributed by atoms with E-state index in [1.54, 1.807) is 101 Å². The van der Waals surface area contributed by atoms with Crippen LogP contribution in [0.2, 0.25) is 0 Å². The number of nitrogens with zero attached hydrogens (tertiary/aromatic N) is 18. The van der Waals surface area contributed by atoms with Gasteiger partial charge in [0.25, 0.3) is 0 Å². The van der Waals surface area contributed by atoms with E-state index in [1.807, 2.05) is 91.0 Å². The highest BCUT2D eigenvalue weighted by molar-refractivity contribution is 7.20. The molecule has 578 valence electrons. The molecule has 1 saturated heterocycles. The summed E-state index contributed by atoms with van der Waals surface area (Å²) in [6, 6.07) is 40.2. The van der Waals surface area contributed by atoms with Crippen molar-refractivity contribution >= 4 is 97.7 Å². The first-order valence-electron chi connectivity index (χ1n) is 35.6. The van der Waals surface area contributed by atoms with E-state index >= 15 is 0 Å². The Morgan fingerprint density at radius 3 is 1.73 bits per heavy atom. The molecule has 1 aliphatic heterocycles. The van der Waals surface area contributed by atoms with E-state index in [0.717, 1.165) is 91.6 Å². The van der Waals surface area contributed by atoms with Gasteiger partial charge in [0.1, 0.15) is 17.9 Å². The van der Waals surface area contributed by atoms with Crippen LogP contribution in [0.4, 0.5) is 76.2 Å². The minimum absolute atomic E-state index is 0.145. The lowest BCUT2D eigenvalue weighted by Gasteiger charge is -2.26. The number of ether oxygens (including phenoxy) is 8. The fourth-order valence-electron chi connectivity index (χ4n) is 12.1. The summed E-state index contributed by atoms with van der Waals surface area (Å²) in [5.41, 5.74) is 31.0. The zero-order valence-electron chi connectivity index (χ0n) is 62.7. The molecule has 0 unspecified atom stereocenters. The molecule has 35 nitrogen and oxygen atoms in total. The number of thiazole rings is 1. The number of fused-ring (bicyclic) bond motifs is 1. The number of unbranched alkanes of at least 4 members (excludes halogenated alkanes) is 1. The predicted molar refractivity (Wildman–Crippen MR) is 428 cm³/mol. The number of rotatable bonds is 26. The highest BCUT2D eigenvalue weighted by Crippen LogP contribution is 2.43. The number of nitrogens with two attached hydrogens (primary N) is 4. The Morgan fingerprint density at radius 2 is 1.09 bits per heavy atom. The first kappa shape index (κ1) is 77.3. The van der Waals surface area contributed by atoms with Gasteiger partial charge < -0.3 is 87.4 Å². The number of para-hydroxylation sites is 3. The topological polar surface area (TPSA) is 429 Å². The summed E-state index contributed by atoms with van der Waals surface area (Å²) in [5, 5.41) is 34.3. The van der Waals surface area contributed by atoms with Crippen molar-refractivity contribution in [1.29, 1.82) is 0 Å². The molecule has 1 saturated carbocycles. The predicted octanol–water partition coefficient (Wildman–Crippen LogP) is 11.5. The van der Waals surface area contributed by atoms with Gasteiger partial charge in [0.05, 0.1) is 84.1 Å².